The number of hydrogen-bond donors (Lipinski definition) is 4. The van der Waals surface area contributed by atoms with Crippen LogP contribution in [0.2, 0.25) is 0 Å². The number of aromatic hydroxyl groups is 2. The number of phenolic OH excluding ortho intramolecular Hbond substituents is 2. The summed E-state index contributed by atoms with van der Waals surface area (Å²) >= 11 is 0. The Morgan fingerprint density at radius 2 is 1.83 bits per heavy atom. The molecule has 1 aromatic carbocycles. The normalized spacial score (nSPS) is 18.7. The van der Waals surface area contributed by atoms with Gasteiger partial charge in [0.2, 0.25) is 0 Å². The first-order valence-electron chi connectivity index (χ1n) is 8.32. The van der Waals surface area contributed by atoms with Gasteiger partial charge in [0.25, 0.3) is 0 Å². The van der Waals surface area contributed by atoms with Gasteiger partial charge in [0, 0.05) is 11.5 Å². The van der Waals surface area contributed by atoms with Crippen LogP contribution in [0.15, 0.2) is 23.8 Å². The van der Waals surface area contributed by atoms with Gasteiger partial charge in [-0.15, -0.1) is 0 Å². The molecule has 4 N–H and O–H groups in total. The number of benzene rings is 1. The number of allylic oxidation sites excluding steroid dienone is 1. The molecule has 0 bridgehead atoms. The highest BCUT2D eigenvalue weighted by Crippen LogP contribution is 2.42. The average molecular weight is 316 g/mol. The smallest absolute Gasteiger partial charge is 0.160 e. The van der Waals surface area contributed by atoms with E-state index in [2.05, 4.69) is 6.92 Å². The minimum atomic E-state index is -2.34. The van der Waals surface area contributed by atoms with Gasteiger partial charge in [0.05, 0.1) is 0 Å². The first-order valence-corrected chi connectivity index (χ1v) is 8.32. The number of rotatable bonds is 6. The van der Waals surface area contributed by atoms with Crippen molar-refractivity contribution in [2.45, 2.75) is 63.5 Å². The lowest BCUT2D eigenvalue weighted by atomic mass is 9.76. The molecule has 1 atom stereocenters. The molecular weight excluding hydrogens is 291 g/mol. The van der Waals surface area contributed by atoms with Crippen LogP contribution in [0.3, 0.4) is 0 Å². The van der Waals surface area contributed by atoms with E-state index in [0.29, 0.717) is 24.0 Å². The third-order valence-corrected chi connectivity index (χ3v) is 4.47. The summed E-state index contributed by atoms with van der Waals surface area (Å²) in [6.45, 7) is 2.13. The molecular formula is C18H25BO4. The van der Waals surface area contributed by atoms with E-state index in [-0.39, 0.29) is 17.4 Å². The van der Waals surface area contributed by atoms with Crippen LogP contribution >= 0.6 is 0 Å². The summed E-state index contributed by atoms with van der Waals surface area (Å²) in [4.78, 5) is 0. The van der Waals surface area contributed by atoms with Gasteiger partial charge in [-0.3, -0.25) is 0 Å². The molecule has 124 valence electrons. The Hall–Kier alpha value is -1.46. The standard InChI is InChI=1S/C18H25BO4/c1-2-3-4-6-12-9-15(20)17(16(21)10-12)13-7-5-8-14(11-13)18(19,22)23/h9-11,13,20-23H,2-8H2,1H3. The minimum absolute atomic E-state index is 0.0532. The molecule has 0 saturated heterocycles. The summed E-state index contributed by atoms with van der Waals surface area (Å²) in [5.74, 6) is -0.166. The van der Waals surface area contributed by atoms with E-state index < -0.39 is 5.69 Å². The summed E-state index contributed by atoms with van der Waals surface area (Å²) in [6, 6.07) is 3.39. The number of aliphatic hydroxyl groups is 2. The second kappa shape index (κ2) is 7.41. The Bertz CT molecular complexity index is 552. The summed E-state index contributed by atoms with van der Waals surface area (Å²) in [5, 5.41) is 39.7. The SMILES string of the molecule is [B]C(O)(O)C1=CC(c2c(O)cc(CCCCC)cc2O)CCC1. The Morgan fingerprint density at radius 3 is 2.39 bits per heavy atom. The molecule has 0 aliphatic heterocycles. The zero-order valence-corrected chi connectivity index (χ0v) is 13.6. The molecule has 23 heavy (non-hydrogen) atoms. The second-order valence-corrected chi connectivity index (χ2v) is 6.42. The number of aryl methyl sites for hydroxylation is 1. The highest BCUT2D eigenvalue weighted by Gasteiger charge is 2.28. The van der Waals surface area contributed by atoms with Gasteiger partial charge < -0.3 is 20.4 Å². The Balaban J connectivity index is 2.26. The van der Waals surface area contributed by atoms with Gasteiger partial charge in [-0.1, -0.05) is 25.8 Å². The van der Waals surface area contributed by atoms with Gasteiger partial charge in [-0.2, -0.15) is 0 Å². The molecule has 2 rings (SSSR count). The monoisotopic (exact) mass is 316 g/mol. The molecule has 0 saturated carbocycles. The maximum atomic E-state index is 10.3. The molecule has 1 aromatic rings. The largest absolute Gasteiger partial charge is 0.507 e. The van der Waals surface area contributed by atoms with Crippen molar-refractivity contribution >= 4 is 7.85 Å². The first-order chi connectivity index (χ1) is 10.8. The summed E-state index contributed by atoms with van der Waals surface area (Å²) < 4.78 is 0. The van der Waals surface area contributed by atoms with Crippen LogP contribution < -0.4 is 0 Å². The fraction of sp³-hybridized carbons (Fsp3) is 0.556. The van der Waals surface area contributed by atoms with E-state index in [1.54, 1.807) is 18.2 Å². The molecule has 4 nitrogen and oxygen atoms in total. The van der Waals surface area contributed by atoms with Gasteiger partial charge in [0.1, 0.15) is 17.2 Å². The van der Waals surface area contributed by atoms with Crippen LogP contribution in [0.5, 0.6) is 11.5 Å². The minimum Gasteiger partial charge on any atom is -0.507 e. The van der Waals surface area contributed by atoms with Gasteiger partial charge in [-0.25, -0.2) is 0 Å². The maximum absolute atomic E-state index is 10.3. The zero-order chi connectivity index (χ0) is 17.0. The Kier molecular flexibility index (Phi) is 5.76. The van der Waals surface area contributed by atoms with Crippen molar-refractivity contribution in [3.05, 3.63) is 34.9 Å². The third kappa shape index (κ3) is 4.52. The zero-order valence-electron chi connectivity index (χ0n) is 13.6. The number of phenols is 2. The van der Waals surface area contributed by atoms with Gasteiger partial charge in [0.15, 0.2) is 7.85 Å². The van der Waals surface area contributed by atoms with E-state index in [9.17, 15) is 20.4 Å². The van der Waals surface area contributed by atoms with Crippen molar-refractivity contribution < 1.29 is 20.4 Å². The van der Waals surface area contributed by atoms with Crippen molar-refractivity contribution in [2.24, 2.45) is 0 Å². The Morgan fingerprint density at radius 1 is 1.17 bits per heavy atom. The third-order valence-electron chi connectivity index (χ3n) is 4.47. The molecule has 1 unspecified atom stereocenters. The van der Waals surface area contributed by atoms with E-state index in [1.807, 2.05) is 0 Å². The maximum Gasteiger partial charge on any atom is 0.160 e. The van der Waals surface area contributed by atoms with Crippen LogP contribution in [-0.2, 0) is 6.42 Å². The number of unbranched alkanes of at least 4 members (excludes halogenated alkanes) is 2. The van der Waals surface area contributed by atoms with Gasteiger partial charge >= 0.3 is 0 Å². The number of hydrogen-bond acceptors (Lipinski definition) is 4. The van der Waals surface area contributed by atoms with Crippen molar-refractivity contribution in [2.75, 3.05) is 0 Å². The van der Waals surface area contributed by atoms with Crippen molar-refractivity contribution in [1.82, 2.24) is 0 Å². The molecule has 0 spiro atoms. The van der Waals surface area contributed by atoms with E-state index in [0.717, 1.165) is 37.7 Å². The predicted octanol–water partition coefficient (Wildman–Crippen LogP) is 2.83. The van der Waals surface area contributed by atoms with E-state index >= 15 is 0 Å². The molecule has 1 aliphatic carbocycles. The highest BCUT2D eigenvalue weighted by molar-refractivity contribution is 6.15. The second-order valence-electron chi connectivity index (χ2n) is 6.42. The van der Waals surface area contributed by atoms with Crippen LogP contribution in [-0.4, -0.2) is 34.0 Å². The molecule has 5 heteroatoms. The molecule has 0 heterocycles. The molecule has 0 amide bonds. The lowest BCUT2D eigenvalue weighted by Crippen LogP contribution is -2.32. The summed E-state index contributed by atoms with van der Waals surface area (Å²) in [7, 11) is 5.34. The van der Waals surface area contributed by atoms with Crippen LogP contribution in [0.4, 0.5) is 0 Å². The topological polar surface area (TPSA) is 80.9 Å². The summed E-state index contributed by atoms with van der Waals surface area (Å²) in [6.07, 6.45) is 7.65. The summed E-state index contributed by atoms with van der Waals surface area (Å²) in [5.41, 5.74) is -0.677. The van der Waals surface area contributed by atoms with Crippen LogP contribution in [0.1, 0.15) is 62.5 Å². The quantitative estimate of drug-likeness (QED) is 0.282. The first kappa shape index (κ1) is 17.9. The van der Waals surface area contributed by atoms with Crippen molar-refractivity contribution in [1.29, 1.82) is 0 Å². The van der Waals surface area contributed by atoms with Crippen LogP contribution in [0, 0.1) is 0 Å². The lowest BCUT2D eigenvalue weighted by Gasteiger charge is -2.29. The van der Waals surface area contributed by atoms with E-state index in [4.69, 9.17) is 7.85 Å². The fourth-order valence-corrected chi connectivity index (χ4v) is 3.24. The molecule has 2 radical (unpaired) electrons. The highest BCUT2D eigenvalue weighted by atomic mass is 16.5. The fourth-order valence-electron chi connectivity index (χ4n) is 3.24. The van der Waals surface area contributed by atoms with Gasteiger partial charge in [-0.05, 0) is 55.4 Å². The van der Waals surface area contributed by atoms with Crippen LogP contribution in [0.25, 0.3) is 0 Å². The molecule has 0 aromatic heterocycles. The van der Waals surface area contributed by atoms with E-state index in [1.165, 1.54) is 0 Å². The Labute approximate surface area is 138 Å². The van der Waals surface area contributed by atoms with Crippen molar-refractivity contribution in [3.63, 3.8) is 0 Å². The molecule has 1 aliphatic rings. The molecule has 0 fully saturated rings. The average Bonchev–Trinajstić information content (AvgIpc) is 2.46. The lowest BCUT2D eigenvalue weighted by molar-refractivity contribution is -0.0556. The predicted molar refractivity (Wildman–Crippen MR) is 90.6 cm³/mol. The van der Waals surface area contributed by atoms with Crippen molar-refractivity contribution in [3.8, 4) is 11.5 Å².